The molecule has 390 valence electrons. The third-order valence-corrected chi connectivity index (χ3v) is 16.4. The molecule has 0 saturated heterocycles. The molecule has 10 aromatic carbocycles. The van der Waals surface area contributed by atoms with Crippen molar-refractivity contribution in [2.24, 2.45) is 0 Å². The van der Waals surface area contributed by atoms with E-state index in [-0.39, 0.29) is 31.9 Å². The summed E-state index contributed by atoms with van der Waals surface area (Å²) in [5, 5.41) is 9.13. The second kappa shape index (κ2) is 18.7. The molecule has 3 aromatic heterocycles. The summed E-state index contributed by atoms with van der Waals surface area (Å²) in [5.74, 6) is 1.17. The normalized spacial score (nSPS) is 12.9. The van der Waals surface area contributed by atoms with Crippen LogP contribution in [-0.4, -0.2) is 9.38 Å². The van der Waals surface area contributed by atoms with E-state index in [1.807, 2.05) is 6.20 Å². The van der Waals surface area contributed by atoms with E-state index in [0.29, 0.717) is 11.5 Å². The number of para-hydroxylation sites is 3. The zero-order valence-electron chi connectivity index (χ0n) is 45.4. The number of fused-ring (bicyclic) bond motifs is 15. The van der Waals surface area contributed by atoms with Gasteiger partial charge in [0, 0.05) is 88.8 Å². The van der Waals surface area contributed by atoms with Gasteiger partial charge in [0.25, 0.3) is 0 Å². The molecule has 5 heterocycles. The zero-order chi connectivity index (χ0) is 53.3. The predicted octanol–water partition coefficient (Wildman–Crippen LogP) is 20.0. The van der Waals surface area contributed by atoms with Crippen LogP contribution >= 0.6 is 0 Å². The molecular formula is C74H55N4OPt-3. The second-order valence-electron chi connectivity index (χ2n) is 23.2. The number of anilines is 4. The number of benzene rings is 10. The van der Waals surface area contributed by atoms with Gasteiger partial charge < -0.3 is 18.9 Å². The van der Waals surface area contributed by atoms with E-state index in [4.69, 9.17) is 9.72 Å². The Kier molecular flexibility index (Phi) is 11.6. The van der Waals surface area contributed by atoms with Crippen LogP contribution in [0.5, 0.6) is 11.5 Å². The summed E-state index contributed by atoms with van der Waals surface area (Å²) >= 11 is 0. The van der Waals surface area contributed by atoms with E-state index in [0.717, 1.165) is 105 Å². The fourth-order valence-electron chi connectivity index (χ4n) is 12.5. The maximum atomic E-state index is 7.07. The van der Waals surface area contributed by atoms with Crippen molar-refractivity contribution in [2.75, 3.05) is 9.80 Å². The minimum atomic E-state index is -0.0733. The van der Waals surface area contributed by atoms with Crippen LogP contribution in [0.4, 0.5) is 22.7 Å². The van der Waals surface area contributed by atoms with Gasteiger partial charge in [-0.15, -0.1) is 41.9 Å². The van der Waals surface area contributed by atoms with Gasteiger partial charge in [-0.1, -0.05) is 216 Å². The number of pyridine rings is 1. The van der Waals surface area contributed by atoms with Crippen molar-refractivity contribution in [3.63, 3.8) is 0 Å². The average Bonchev–Trinajstić information content (AvgIpc) is 4.14. The Labute approximate surface area is 481 Å². The fraction of sp³-hybridized carbons (Fsp3) is 0.108. The Morgan fingerprint density at radius 2 is 0.938 bits per heavy atom. The van der Waals surface area contributed by atoms with Gasteiger partial charge in [0.1, 0.15) is 5.65 Å². The number of aromatic nitrogens is 2. The Morgan fingerprint density at radius 3 is 1.61 bits per heavy atom. The van der Waals surface area contributed by atoms with Crippen LogP contribution in [0, 0.1) is 18.8 Å². The fourth-order valence-corrected chi connectivity index (χ4v) is 12.5. The van der Waals surface area contributed by atoms with Crippen molar-refractivity contribution < 1.29 is 25.8 Å². The van der Waals surface area contributed by atoms with Crippen LogP contribution in [0.15, 0.2) is 219 Å². The summed E-state index contributed by atoms with van der Waals surface area (Å²) in [7, 11) is 0. The van der Waals surface area contributed by atoms with Crippen molar-refractivity contribution in [3.8, 4) is 56.0 Å². The first kappa shape index (κ1) is 49.5. The van der Waals surface area contributed by atoms with Gasteiger partial charge in [-0.25, -0.2) is 4.98 Å². The largest absolute Gasteiger partial charge is 0.509 e. The first-order valence-corrected chi connectivity index (χ1v) is 27.4. The van der Waals surface area contributed by atoms with E-state index in [1.54, 1.807) is 0 Å². The Bertz CT molecular complexity index is 4640. The Morgan fingerprint density at radius 1 is 0.412 bits per heavy atom. The van der Waals surface area contributed by atoms with Crippen molar-refractivity contribution in [3.05, 3.63) is 248 Å². The molecule has 6 heteroatoms. The van der Waals surface area contributed by atoms with E-state index in [2.05, 4.69) is 287 Å². The van der Waals surface area contributed by atoms with E-state index < -0.39 is 0 Å². The summed E-state index contributed by atoms with van der Waals surface area (Å²) in [6.45, 7) is 16.0. The van der Waals surface area contributed by atoms with E-state index in [1.165, 1.54) is 32.8 Å². The van der Waals surface area contributed by atoms with Gasteiger partial charge >= 0.3 is 0 Å². The molecule has 0 fully saturated rings. The standard InChI is InChI=1S/C74H55N4O.Pt/c1-73(2,3)48-32-36-56-60-27-16-28-62-59-39-35-51(44-68(59)78(70(60)62)72-63(30-18-40-75-72)65-42-49(74(4,5)6)33-37-57(65)64(56)41-48)79-50-34-38-58-54-23-13-14-24-55(54)61-29-17-31-66-71(61)77(67(58)43-50)45-76(66)69-52(46-19-9-7-10-20-46)25-15-26-53(69)47-21-11-8-12-22-47;/h7-42,45H,1-6H3;/q-3;. The second-order valence-corrected chi connectivity index (χ2v) is 23.2. The van der Waals surface area contributed by atoms with Gasteiger partial charge in [-0.3, -0.25) is 0 Å². The third kappa shape index (κ3) is 7.81. The van der Waals surface area contributed by atoms with Gasteiger partial charge in [-0.05, 0) is 95.9 Å². The Balaban J connectivity index is 0.00000577. The smallest absolute Gasteiger partial charge is 0.143 e. The summed E-state index contributed by atoms with van der Waals surface area (Å²) < 4.78 is 9.41. The number of hydrogen-bond acceptors (Lipinski definition) is 4. The molecule has 0 amide bonds. The maximum Gasteiger partial charge on any atom is 0.143 e. The molecule has 80 heavy (non-hydrogen) atoms. The number of rotatable bonds is 5. The molecule has 0 N–H and O–H groups in total. The molecule has 5 nitrogen and oxygen atoms in total. The summed E-state index contributed by atoms with van der Waals surface area (Å²) in [4.78, 5) is 10.0. The van der Waals surface area contributed by atoms with Crippen LogP contribution in [0.3, 0.4) is 0 Å². The summed E-state index contributed by atoms with van der Waals surface area (Å²) in [6, 6.07) is 84.8. The van der Waals surface area contributed by atoms with Crippen molar-refractivity contribution >= 4 is 82.5 Å². The average molecular weight is 1210 g/mol. The number of nitrogens with zero attached hydrogens (tertiary/aromatic N) is 4. The monoisotopic (exact) mass is 1210 g/mol. The molecule has 0 unspecified atom stereocenters. The quantitative estimate of drug-likeness (QED) is 0.161. The molecule has 0 saturated carbocycles. The van der Waals surface area contributed by atoms with Crippen LogP contribution in [-0.2, 0) is 31.9 Å². The molecule has 0 spiro atoms. The van der Waals surface area contributed by atoms with Gasteiger partial charge in [-0.2, -0.15) is 12.1 Å². The molecule has 13 aromatic rings. The van der Waals surface area contributed by atoms with Gasteiger partial charge in [0.15, 0.2) is 0 Å². The van der Waals surface area contributed by atoms with Gasteiger partial charge in [0.05, 0.1) is 0 Å². The van der Waals surface area contributed by atoms with Crippen LogP contribution in [0.2, 0.25) is 0 Å². The molecule has 0 bridgehead atoms. The summed E-state index contributed by atoms with van der Waals surface area (Å²) in [6.07, 6.45) is 1.92. The van der Waals surface area contributed by atoms with Gasteiger partial charge in [0.2, 0.25) is 0 Å². The van der Waals surface area contributed by atoms with Crippen molar-refractivity contribution in [2.45, 2.75) is 52.4 Å². The predicted molar refractivity (Wildman–Crippen MR) is 330 cm³/mol. The topological polar surface area (TPSA) is 33.0 Å². The minimum absolute atomic E-state index is 0. The molecular weight excluding hydrogens is 1160 g/mol. The molecule has 0 atom stereocenters. The van der Waals surface area contributed by atoms with Crippen molar-refractivity contribution in [1.82, 2.24) is 9.38 Å². The Hall–Kier alpha value is -8.76. The molecule has 2 aliphatic rings. The molecule has 2 aliphatic heterocycles. The van der Waals surface area contributed by atoms with E-state index >= 15 is 0 Å². The zero-order valence-corrected chi connectivity index (χ0v) is 47.6. The van der Waals surface area contributed by atoms with Crippen molar-refractivity contribution in [1.29, 1.82) is 0 Å². The summed E-state index contributed by atoms with van der Waals surface area (Å²) in [5.41, 5.74) is 18.5. The molecule has 15 rings (SSSR count). The number of ether oxygens (including phenoxy) is 1. The SMILES string of the molecule is CC(C)(C)c1ccc2c(c1)c1ccc(C(C)(C)C)cc1c1cccnc1n1c3[c-]c(Oc4[c-]c5c(cc4)-c4ccccc4-c4cccc6c4N5[CH-]N6c4c(-c5ccccc5)cccc4-c4ccccc4)ccc3c3cccc2c31.[Pt]. The maximum absolute atomic E-state index is 7.07. The van der Waals surface area contributed by atoms with Crippen LogP contribution < -0.4 is 14.5 Å². The van der Waals surface area contributed by atoms with Crippen LogP contribution in [0.25, 0.3) is 104 Å². The first-order valence-electron chi connectivity index (χ1n) is 27.4. The number of hydrogen-bond donors (Lipinski definition) is 0. The minimum Gasteiger partial charge on any atom is -0.509 e. The molecule has 0 radical (unpaired) electrons. The third-order valence-electron chi connectivity index (χ3n) is 16.4. The van der Waals surface area contributed by atoms with E-state index in [9.17, 15) is 0 Å². The first-order chi connectivity index (χ1) is 38.5. The van der Waals surface area contributed by atoms with Crippen LogP contribution in [0.1, 0.15) is 52.7 Å². The molecule has 0 aliphatic carbocycles.